The molecule has 20 heteroatoms. The molecule has 4 fully saturated rings. The van der Waals surface area contributed by atoms with Gasteiger partial charge in [0.2, 0.25) is 23.6 Å². The third kappa shape index (κ3) is 29.5. The molecule has 0 aromatic heterocycles. The fourth-order valence-electron chi connectivity index (χ4n) is 11.1. The molecule has 0 bridgehead atoms. The first-order valence-electron chi connectivity index (χ1n) is 28.5. The van der Waals surface area contributed by atoms with Crippen molar-refractivity contribution < 1.29 is 38.2 Å². The maximum Gasteiger partial charge on any atom is 0.407 e. The second kappa shape index (κ2) is 36.8. The van der Waals surface area contributed by atoms with Crippen LogP contribution in [0, 0.1) is 21.7 Å². The Morgan fingerprint density at radius 1 is 0.440 bits per heavy atom. The average molecular weight is 1130 g/mol. The summed E-state index contributed by atoms with van der Waals surface area (Å²) in [7, 11) is 0. The van der Waals surface area contributed by atoms with Crippen molar-refractivity contribution in [2.45, 2.75) is 200 Å². The summed E-state index contributed by atoms with van der Waals surface area (Å²) >= 11 is 7.20. The molecule has 4 aliphatic carbocycles. The van der Waals surface area contributed by atoms with Crippen LogP contribution in [0.5, 0.6) is 0 Å². The van der Waals surface area contributed by atoms with Crippen molar-refractivity contribution in [2.75, 3.05) is 85.5 Å². The van der Waals surface area contributed by atoms with Crippen molar-refractivity contribution in [1.82, 2.24) is 31.9 Å². The maximum atomic E-state index is 12.8. The van der Waals surface area contributed by atoms with Gasteiger partial charge >= 0.3 is 12.2 Å². The molecule has 0 aliphatic heterocycles. The van der Waals surface area contributed by atoms with E-state index in [1.807, 2.05) is 58.1 Å². The van der Waals surface area contributed by atoms with Gasteiger partial charge in [-0.15, -0.1) is 47.0 Å². The highest BCUT2D eigenvalue weighted by molar-refractivity contribution is 8.16. The molecule has 10 N–H and O–H groups in total. The summed E-state index contributed by atoms with van der Waals surface area (Å²) in [6, 6.07) is 0. The minimum atomic E-state index is -0.548. The lowest BCUT2D eigenvalue weighted by atomic mass is 9.71. The number of ether oxygens (including phenoxy) is 2. The van der Waals surface area contributed by atoms with Gasteiger partial charge in [0.1, 0.15) is 5.60 Å². The minimum absolute atomic E-state index is 0.0382. The van der Waals surface area contributed by atoms with Crippen LogP contribution < -0.4 is 43.4 Å². The molecule has 6 amide bonds. The van der Waals surface area contributed by atoms with Gasteiger partial charge in [-0.1, -0.05) is 77.0 Å². The smallest absolute Gasteiger partial charge is 0.407 e. The first-order valence-corrected chi connectivity index (χ1v) is 33.2. The van der Waals surface area contributed by atoms with Crippen LogP contribution in [-0.4, -0.2) is 133 Å². The van der Waals surface area contributed by atoms with E-state index in [1.54, 1.807) is 23.5 Å². The van der Waals surface area contributed by atoms with E-state index < -0.39 is 17.8 Å². The van der Waals surface area contributed by atoms with Crippen molar-refractivity contribution in [2.24, 2.45) is 33.1 Å². The van der Waals surface area contributed by atoms with Crippen molar-refractivity contribution >= 4 is 82.9 Å². The van der Waals surface area contributed by atoms with Crippen molar-refractivity contribution in [3.63, 3.8) is 0 Å². The molecule has 75 heavy (non-hydrogen) atoms. The number of hydrogen-bond acceptors (Lipinski definition) is 14. The summed E-state index contributed by atoms with van der Waals surface area (Å²) in [5.41, 5.74) is 11.1. The normalized spacial score (nSPS) is 18.8. The third-order valence-electron chi connectivity index (χ3n) is 15.2. The zero-order valence-electron chi connectivity index (χ0n) is 47.0. The molecular weight excluding hydrogens is 1030 g/mol. The second-order valence-electron chi connectivity index (χ2n) is 23.3. The fourth-order valence-corrected chi connectivity index (χ4v) is 14.9. The van der Waals surface area contributed by atoms with Gasteiger partial charge in [0, 0.05) is 98.1 Å². The topological polar surface area (TPSA) is 245 Å². The molecule has 0 aromatic rings. The number of carbonyl (C=O) groups excluding carboxylic acids is 6. The van der Waals surface area contributed by atoms with E-state index in [1.165, 1.54) is 51.4 Å². The van der Waals surface area contributed by atoms with Crippen LogP contribution in [0.25, 0.3) is 0 Å². The van der Waals surface area contributed by atoms with E-state index in [9.17, 15) is 28.8 Å². The number of thioether (sulfide) groups is 4. The van der Waals surface area contributed by atoms with Crippen LogP contribution >= 0.6 is 47.0 Å². The Hall–Kier alpha value is -2.26. The maximum absolute atomic E-state index is 12.8. The Kier molecular flexibility index (Phi) is 32.9. The predicted octanol–water partition coefficient (Wildman–Crippen LogP) is 9.22. The predicted molar refractivity (Wildman–Crippen MR) is 314 cm³/mol. The molecule has 0 heterocycles. The molecule has 4 rings (SSSR count). The van der Waals surface area contributed by atoms with Crippen LogP contribution in [0.1, 0.15) is 189 Å². The Morgan fingerprint density at radius 2 is 0.720 bits per heavy atom. The Bertz CT molecular complexity index is 1620. The van der Waals surface area contributed by atoms with Gasteiger partial charge in [0.15, 0.2) is 0 Å². The summed E-state index contributed by atoms with van der Waals surface area (Å²) in [5, 5.41) is 19.9. The monoisotopic (exact) mass is 1130 g/mol. The van der Waals surface area contributed by atoms with Crippen LogP contribution in [0.2, 0.25) is 0 Å². The quantitative estimate of drug-likeness (QED) is 0.0238. The largest absolute Gasteiger partial charge is 0.447 e. The summed E-state index contributed by atoms with van der Waals surface area (Å²) in [6.07, 6.45) is 23.1. The zero-order chi connectivity index (χ0) is 54.9. The summed E-state index contributed by atoms with van der Waals surface area (Å²) in [6.45, 7) is 14.0. The molecule has 4 aliphatic rings. The van der Waals surface area contributed by atoms with E-state index in [0.717, 1.165) is 110 Å². The van der Waals surface area contributed by atoms with Crippen LogP contribution in [0.15, 0.2) is 0 Å². The van der Waals surface area contributed by atoms with Gasteiger partial charge in [-0.2, -0.15) is 0 Å². The second-order valence-corrected chi connectivity index (χ2v) is 28.4. The number of nitrogens with one attached hydrogen (secondary N) is 6. The number of amides is 6. The number of rotatable bonds is 31. The highest BCUT2D eigenvalue weighted by Gasteiger charge is 2.37. The van der Waals surface area contributed by atoms with Crippen LogP contribution in [0.4, 0.5) is 9.59 Å². The summed E-state index contributed by atoms with van der Waals surface area (Å²) in [4.78, 5) is 74.2. The van der Waals surface area contributed by atoms with Crippen molar-refractivity contribution in [3.05, 3.63) is 0 Å². The van der Waals surface area contributed by atoms with Gasteiger partial charge in [-0.25, -0.2) is 9.59 Å². The summed E-state index contributed by atoms with van der Waals surface area (Å²) in [5.74, 6) is 3.86. The Balaban J connectivity index is 0.000000419. The first-order chi connectivity index (χ1) is 35.9. The highest BCUT2D eigenvalue weighted by atomic mass is 32.2. The fraction of sp³-hybridized carbons (Fsp3) is 0.891. The number of nitrogens with two attached hydrogens (primary N) is 2. The van der Waals surface area contributed by atoms with Gasteiger partial charge in [0.05, 0.1) is 6.10 Å². The van der Waals surface area contributed by atoms with Gasteiger partial charge in [0.25, 0.3) is 0 Å². The molecule has 0 atom stereocenters. The molecule has 434 valence electrons. The lowest BCUT2D eigenvalue weighted by Gasteiger charge is -2.37. The molecule has 0 radical (unpaired) electrons. The van der Waals surface area contributed by atoms with Crippen LogP contribution in [0.3, 0.4) is 0 Å². The molecule has 0 aromatic carbocycles. The molecule has 0 spiro atoms. The standard InChI is InChI=1S/C32H58N4O6S2.C23H44N4O2S2/c1-25(2)41-28(39)35-22-31(12-8-6-9-13-31)20-26(37)33-16-18-43-24-44-19-17-34-27(38)21-32(14-10-7-11-15-32)23-36-29(40)42-30(3,4)5;24-17-22(7-3-1-4-8-22)15-20(28)26-11-13-30-19-31-14-12-27-21(29)16-23(18-25)9-5-2-6-10-23/h25H,6-24H2,1-5H3,(H,33,37)(H,34,38)(H,35,39)(H,36,40);1-19,24-25H2,(H,26,28)(H,27,29). The molecule has 4 saturated carbocycles. The van der Waals surface area contributed by atoms with Crippen molar-refractivity contribution in [3.8, 4) is 0 Å². The summed E-state index contributed by atoms with van der Waals surface area (Å²) < 4.78 is 10.6. The Morgan fingerprint density at radius 3 is 1.00 bits per heavy atom. The molecule has 0 unspecified atom stereocenters. The Labute approximate surface area is 469 Å². The van der Waals surface area contributed by atoms with E-state index in [4.69, 9.17) is 20.9 Å². The van der Waals surface area contributed by atoms with E-state index in [-0.39, 0.29) is 51.4 Å². The number of carbonyl (C=O) groups is 6. The molecular formula is C55H102N8O8S4. The van der Waals surface area contributed by atoms with Crippen molar-refractivity contribution in [1.29, 1.82) is 0 Å². The lowest BCUT2D eigenvalue weighted by Crippen LogP contribution is -2.44. The van der Waals surface area contributed by atoms with E-state index in [2.05, 4.69) is 31.9 Å². The highest BCUT2D eigenvalue weighted by Crippen LogP contribution is 2.41. The van der Waals surface area contributed by atoms with Gasteiger partial charge in [-0.3, -0.25) is 19.2 Å². The van der Waals surface area contributed by atoms with Gasteiger partial charge < -0.3 is 52.8 Å². The third-order valence-corrected chi connectivity index (χ3v) is 19.9. The van der Waals surface area contributed by atoms with E-state index in [0.29, 0.717) is 78.0 Å². The minimum Gasteiger partial charge on any atom is -0.447 e. The lowest BCUT2D eigenvalue weighted by molar-refractivity contribution is -0.124. The molecule has 16 nitrogen and oxygen atoms in total. The zero-order valence-corrected chi connectivity index (χ0v) is 50.3. The average Bonchev–Trinajstić information content (AvgIpc) is 3.37. The SMILES string of the molecule is CC(C)OC(=O)NCC1(CC(=O)NCCSCSCCNC(=O)CC2(CNC(=O)OC(C)(C)C)CCCCC2)CCCCC1.NCC1(CC(=O)NCCSCSCCNC(=O)CC2(CN)CCCCC2)CCCCC1. The first kappa shape index (κ1) is 67.0. The van der Waals surface area contributed by atoms with Crippen LogP contribution in [-0.2, 0) is 28.7 Å². The molecule has 0 saturated heterocycles. The number of hydrogen-bond donors (Lipinski definition) is 8. The van der Waals surface area contributed by atoms with Gasteiger partial charge in [-0.05, 0) is 121 Å². The van der Waals surface area contributed by atoms with E-state index >= 15 is 0 Å². The number of alkyl carbamates (subject to hydrolysis) is 2.